The van der Waals surface area contributed by atoms with Crippen molar-refractivity contribution in [2.45, 2.75) is 58.6 Å². The molecule has 0 aliphatic carbocycles. The van der Waals surface area contributed by atoms with E-state index in [9.17, 15) is 4.79 Å². The van der Waals surface area contributed by atoms with Crippen molar-refractivity contribution in [1.82, 2.24) is 20.4 Å². The second-order valence-corrected chi connectivity index (χ2v) is 6.65. The Hall–Kier alpha value is -1.63. The van der Waals surface area contributed by atoms with Crippen LogP contribution in [-0.4, -0.2) is 46.9 Å². The normalized spacial score (nSPS) is 19.3. The second kappa shape index (κ2) is 7.09. The van der Waals surface area contributed by atoms with E-state index >= 15 is 0 Å². The number of ether oxygens (including phenoxy) is 1. The highest BCUT2D eigenvalue weighted by Crippen LogP contribution is 2.19. The SMILES string of the molecule is CCC[C@H]1CN(C(=O)NCc2noc(C(C)(C)C)n2)CCO1. The molecule has 0 radical (unpaired) electrons. The molecule has 2 amide bonds. The van der Waals surface area contributed by atoms with E-state index in [2.05, 4.69) is 22.4 Å². The third-order valence-electron chi connectivity index (χ3n) is 3.54. The topological polar surface area (TPSA) is 80.5 Å². The van der Waals surface area contributed by atoms with Gasteiger partial charge in [-0.25, -0.2) is 4.79 Å². The molecule has 0 unspecified atom stereocenters. The fourth-order valence-corrected chi connectivity index (χ4v) is 2.30. The lowest BCUT2D eigenvalue weighted by molar-refractivity contribution is -0.0181. The zero-order valence-electron chi connectivity index (χ0n) is 13.9. The van der Waals surface area contributed by atoms with Gasteiger partial charge in [-0.2, -0.15) is 4.98 Å². The van der Waals surface area contributed by atoms with Crippen molar-refractivity contribution < 1.29 is 14.1 Å². The minimum atomic E-state index is -0.188. The lowest BCUT2D eigenvalue weighted by Gasteiger charge is -2.32. The summed E-state index contributed by atoms with van der Waals surface area (Å²) in [5.41, 5.74) is -0.188. The van der Waals surface area contributed by atoms with E-state index < -0.39 is 0 Å². The standard InChI is InChI=1S/C15H26N4O3/c1-5-6-11-10-19(7-8-21-11)14(20)16-9-12-17-13(22-18-12)15(2,3)4/h11H,5-10H2,1-4H3,(H,16,20)/t11-/m0/s1. The van der Waals surface area contributed by atoms with Gasteiger partial charge in [0.2, 0.25) is 5.89 Å². The number of morpholine rings is 1. The highest BCUT2D eigenvalue weighted by atomic mass is 16.5. The van der Waals surface area contributed by atoms with Crippen molar-refractivity contribution in [2.24, 2.45) is 0 Å². The summed E-state index contributed by atoms with van der Waals surface area (Å²) in [6.07, 6.45) is 2.17. The Balaban J connectivity index is 1.83. The largest absolute Gasteiger partial charge is 0.375 e. The van der Waals surface area contributed by atoms with Crippen LogP contribution >= 0.6 is 0 Å². The minimum Gasteiger partial charge on any atom is -0.375 e. The quantitative estimate of drug-likeness (QED) is 0.921. The van der Waals surface area contributed by atoms with Crippen LogP contribution in [0.25, 0.3) is 0 Å². The van der Waals surface area contributed by atoms with Crippen LogP contribution in [0.2, 0.25) is 0 Å². The van der Waals surface area contributed by atoms with Gasteiger partial charge < -0.3 is 19.5 Å². The van der Waals surface area contributed by atoms with E-state index in [1.807, 2.05) is 20.8 Å². The van der Waals surface area contributed by atoms with Crippen LogP contribution in [0.3, 0.4) is 0 Å². The molecule has 0 aromatic carbocycles. The van der Waals surface area contributed by atoms with Gasteiger partial charge >= 0.3 is 6.03 Å². The zero-order chi connectivity index (χ0) is 16.2. The van der Waals surface area contributed by atoms with Gasteiger partial charge in [0.1, 0.15) is 0 Å². The average molecular weight is 310 g/mol. The van der Waals surface area contributed by atoms with Gasteiger partial charge in [0.05, 0.1) is 19.3 Å². The highest BCUT2D eigenvalue weighted by molar-refractivity contribution is 5.74. The lowest BCUT2D eigenvalue weighted by Crippen LogP contribution is -2.49. The molecule has 2 heterocycles. The van der Waals surface area contributed by atoms with Crippen molar-refractivity contribution in [3.8, 4) is 0 Å². The Morgan fingerprint density at radius 2 is 2.23 bits per heavy atom. The third kappa shape index (κ3) is 4.43. The molecule has 22 heavy (non-hydrogen) atoms. The molecule has 1 aromatic rings. The molecule has 1 N–H and O–H groups in total. The number of hydrogen-bond donors (Lipinski definition) is 1. The molecule has 1 aromatic heterocycles. The summed E-state index contributed by atoms with van der Waals surface area (Å²) in [6, 6.07) is -0.105. The molecular formula is C15H26N4O3. The molecule has 0 saturated carbocycles. The summed E-state index contributed by atoms with van der Waals surface area (Å²) in [6.45, 7) is 10.2. The molecule has 124 valence electrons. The summed E-state index contributed by atoms with van der Waals surface area (Å²) in [5, 5.41) is 6.74. The zero-order valence-corrected chi connectivity index (χ0v) is 13.9. The number of carbonyl (C=O) groups excluding carboxylic acids is 1. The predicted molar refractivity (Wildman–Crippen MR) is 81.5 cm³/mol. The van der Waals surface area contributed by atoms with Crippen LogP contribution in [-0.2, 0) is 16.7 Å². The van der Waals surface area contributed by atoms with Crippen molar-refractivity contribution in [3.05, 3.63) is 11.7 Å². The Morgan fingerprint density at radius 3 is 2.86 bits per heavy atom. The minimum absolute atomic E-state index is 0.105. The molecule has 1 aliphatic heterocycles. The molecule has 7 heteroatoms. The molecule has 0 bridgehead atoms. The Labute approximate surface area is 131 Å². The maximum Gasteiger partial charge on any atom is 0.317 e. The summed E-state index contributed by atoms with van der Waals surface area (Å²) in [5.74, 6) is 1.07. The summed E-state index contributed by atoms with van der Waals surface area (Å²) in [4.78, 5) is 18.3. The van der Waals surface area contributed by atoms with E-state index in [4.69, 9.17) is 9.26 Å². The number of aromatic nitrogens is 2. The fourth-order valence-electron chi connectivity index (χ4n) is 2.30. The van der Waals surface area contributed by atoms with Gasteiger partial charge in [0, 0.05) is 18.5 Å². The van der Waals surface area contributed by atoms with E-state index in [1.54, 1.807) is 4.90 Å². The molecule has 2 rings (SSSR count). The number of urea groups is 1. The molecule has 0 spiro atoms. The third-order valence-corrected chi connectivity index (χ3v) is 3.54. The van der Waals surface area contributed by atoms with Crippen LogP contribution in [0.5, 0.6) is 0 Å². The molecular weight excluding hydrogens is 284 g/mol. The molecule has 1 saturated heterocycles. The van der Waals surface area contributed by atoms with Crippen molar-refractivity contribution >= 4 is 6.03 Å². The van der Waals surface area contributed by atoms with Gasteiger partial charge in [-0.15, -0.1) is 0 Å². The lowest BCUT2D eigenvalue weighted by atomic mass is 9.97. The van der Waals surface area contributed by atoms with Crippen LogP contribution in [0.4, 0.5) is 4.79 Å². The first kappa shape index (κ1) is 16.7. The monoisotopic (exact) mass is 310 g/mol. The van der Waals surface area contributed by atoms with Gasteiger partial charge in [0.25, 0.3) is 0 Å². The van der Waals surface area contributed by atoms with E-state index in [1.165, 1.54) is 0 Å². The maximum atomic E-state index is 12.2. The van der Waals surface area contributed by atoms with Gasteiger partial charge in [-0.3, -0.25) is 0 Å². The van der Waals surface area contributed by atoms with Crippen LogP contribution in [0.15, 0.2) is 4.52 Å². The van der Waals surface area contributed by atoms with E-state index in [-0.39, 0.29) is 24.1 Å². The number of carbonyl (C=O) groups is 1. The van der Waals surface area contributed by atoms with Crippen LogP contribution in [0, 0.1) is 0 Å². The Bertz CT molecular complexity index is 493. The van der Waals surface area contributed by atoms with E-state index in [0.29, 0.717) is 31.4 Å². The van der Waals surface area contributed by atoms with Crippen molar-refractivity contribution in [3.63, 3.8) is 0 Å². The van der Waals surface area contributed by atoms with Gasteiger partial charge in [-0.1, -0.05) is 39.3 Å². The number of rotatable bonds is 4. The second-order valence-electron chi connectivity index (χ2n) is 6.65. The molecule has 1 atom stereocenters. The number of amides is 2. The number of hydrogen-bond acceptors (Lipinski definition) is 5. The first-order valence-corrected chi connectivity index (χ1v) is 7.87. The molecule has 1 aliphatic rings. The highest BCUT2D eigenvalue weighted by Gasteiger charge is 2.25. The van der Waals surface area contributed by atoms with Gasteiger partial charge in [-0.05, 0) is 6.42 Å². The van der Waals surface area contributed by atoms with E-state index in [0.717, 1.165) is 12.8 Å². The first-order chi connectivity index (χ1) is 10.4. The van der Waals surface area contributed by atoms with Gasteiger partial charge in [0.15, 0.2) is 5.82 Å². The maximum absolute atomic E-state index is 12.2. The molecule has 7 nitrogen and oxygen atoms in total. The predicted octanol–water partition coefficient (Wildman–Crippen LogP) is 2.08. The van der Waals surface area contributed by atoms with Crippen LogP contribution < -0.4 is 5.32 Å². The fraction of sp³-hybridized carbons (Fsp3) is 0.800. The van der Waals surface area contributed by atoms with Crippen LogP contribution in [0.1, 0.15) is 52.3 Å². The molecule has 1 fully saturated rings. The summed E-state index contributed by atoms with van der Waals surface area (Å²) in [7, 11) is 0. The summed E-state index contributed by atoms with van der Waals surface area (Å²) >= 11 is 0. The number of nitrogens with zero attached hydrogens (tertiary/aromatic N) is 3. The Morgan fingerprint density at radius 1 is 1.45 bits per heavy atom. The number of nitrogens with one attached hydrogen (secondary N) is 1. The Kier molecular flexibility index (Phi) is 5.39. The summed E-state index contributed by atoms with van der Waals surface area (Å²) < 4.78 is 10.9. The van der Waals surface area contributed by atoms with Crippen molar-refractivity contribution in [2.75, 3.05) is 19.7 Å². The average Bonchev–Trinajstić information content (AvgIpc) is 2.94. The van der Waals surface area contributed by atoms with Crippen molar-refractivity contribution in [1.29, 1.82) is 0 Å². The first-order valence-electron chi connectivity index (χ1n) is 7.87. The smallest absolute Gasteiger partial charge is 0.317 e.